The molecule has 5 heteroatoms. The van der Waals surface area contributed by atoms with Crippen LogP contribution in [0.25, 0.3) is 23.0 Å². The summed E-state index contributed by atoms with van der Waals surface area (Å²) in [5.41, 5.74) is 0.819. The van der Waals surface area contributed by atoms with Gasteiger partial charge in [-0.05, 0) is 36.4 Å². The highest BCUT2D eigenvalue weighted by Crippen LogP contribution is 2.23. The van der Waals surface area contributed by atoms with E-state index in [1.807, 2.05) is 12.1 Å². The van der Waals surface area contributed by atoms with Gasteiger partial charge in [0.25, 0.3) is 5.89 Å². The molecule has 3 rings (SSSR count). The molecule has 84 valence electrons. The Balaban J connectivity index is 1.98. The van der Waals surface area contributed by atoms with E-state index in [2.05, 4.69) is 10.1 Å². The number of halogens is 1. The lowest BCUT2D eigenvalue weighted by Crippen LogP contribution is -1.78. The molecule has 0 atom stereocenters. The molecule has 1 aromatic carbocycles. The van der Waals surface area contributed by atoms with Gasteiger partial charge in [-0.25, -0.2) is 0 Å². The standard InChI is InChI=1S/C12H7ClN2O2/c13-9-5-3-8(4-6-9)12-14-11(15-17-12)10-2-1-7-16-10/h1-7H. The van der Waals surface area contributed by atoms with Crippen LogP contribution in [0.2, 0.25) is 5.02 Å². The van der Waals surface area contributed by atoms with E-state index in [0.29, 0.717) is 22.5 Å². The van der Waals surface area contributed by atoms with Gasteiger partial charge in [-0.15, -0.1) is 0 Å². The van der Waals surface area contributed by atoms with Crippen molar-refractivity contribution in [1.82, 2.24) is 10.1 Å². The molecule has 0 amide bonds. The Morgan fingerprint density at radius 2 is 1.88 bits per heavy atom. The van der Waals surface area contributed by atoms with Gasteiger partial charge in [0.05, 0.1) is 6.26 Å². The van der Waals surface area contributed by atoms with Crippen LogP contribution in [0.1, 0.15) is 0 Å². The Morgan fingerprint density at radius 1 is 1.06 bits per heavy atom. The fourth-order valence-corrected chi connectivity index (χ4v) is 1.57. The monoisotopic (exact) mass is 246 g/mol. The summed E-state index contributed by atoms with van der Waals surface area (Å²) >= 11 is 5.80. The van der Waals surface area contributed by atoms with Crippen LogP contribution in [0, 0.1) is 0 Å². The van der Waals surface area contributed by atoms with E-state index >= 15 is 0 Å². The SMILES string of the molecule is Clc1ccc(-c2nc(-c3ccco3)no2)cc1. The maximum Gasteiger partial charge on any atom is 0.258 e. The van der Waals surface area contributed by atoms with E-state index < -0.39 is 0 Å². The molecule has 0 N–H and O–H groups in total. The number of hydrogen-bond donors (Lipinski definition) is 0. The van der Waals surface area contributed by atoms with Gasteiger partial charge in [0.15, 0.2) is 5.76 Å². The summed E-state index contributed by atoms with van der Waals surface area (Å²) in [5.74, 6) is 1.45. The van der Waals surface area contributed by atoms with Crippen molar-refractivity contribution in [3.8, 4) is 23.0 Å². The molecule has 0 spiro atoms. The van der Waals surface area contributed by atoms with Gasteiger partial charge in [0.2, 0.25) is 5.82 Å². The minimum atomic E-state index is 0.431. The molecule has 4 nitrogen and oxygen atoms in total. The molecule has 3 aromatic rings. The molecule has 0 saturated heterocycles. The van der Waals surface area contributed by atoms with E-state index in [1.54, 1.807) is 30.5 Å². The lowest BCUT2D eigenvalue weighted by atomic mass is 10.2. The third kappa shape index (κ3) is 1.94. The second-order valence-corrected chi connectivity index (χ2v) is 3.84. The molecule has 0 unspecified atom stereocenters. The molecule has 0 aliphatic rings. The predicted octanol–water partition coefficient (Wildman–Crippen LogP) is 3.65. The molecular formula is C12H7ClN2O2. The van der Waals surface area contributed by atoms with Crippen LogP contribution in [-0.4, -0.2) is 10.1 Å². The average Bonchev–Trinajstić information content (AvgIpc) is 3.00. The highest BCUT2D eigenvalue weighted by atomic mass is 35.5. The molecule has 0 saturated carbocycles. The van der Waals surface area contributed by atoms with Gasteiger partial charge in [0, 0.05) is 10.6 Å². The van der Waals surface area contributed by atoms with Crippen LogP contribution in [0.15, 0.2) is 51.6 Å². The first-order valence-electron chi connectivity index (χ1n) is 4.96. The van der Waals surface area contributed by atoms with Gasteiger partial charge in [0.1, 0.15) is 0 Å². The van der Waals surface area contributed by atoms with Crippen molar-refractivity contribution in [3.63, 3.8) is 0 Å². The second-order valence-electron chi connectivity index (χ2n) is 3.41. The maximum atomic E-state index is 5.80. The molecule has 2 aromatic heterocycles. The van der Waals surface area contributed by atoms with Crippen LogP contribution in [0.3, 0.4) is 0 Å². The predicted molar refractivity (Wildman–Crippen MR) is 62.4 cm³/mol. The fourth-order valence-electron chi connectivity index (χ4n) is 1.44. The zero-order chi connectivity index (χ0) is 11.7. The Hall–Kier alpha value is -2.07. The summed E-state index contributed by atoms with van der Waals surface area (Å²) in [6.07, 6.45) is 1.56. The number of rotatable bonds is 2. The Labute approximate surface area is 102 Å². The highest BCUT2D eigenvalue weighted by Gasteiger charge is 2.11. The van der Waals surface area contributed by atoms with E-state index in [0.717, 1.165) is 5.56 Å². The van der Waals surface area contributed by atoms with Crippen molar-refractivity contribution in [1.29, 1.82) is 0 Å². The van der Waals surface area contributed by atoms with E-state index in [1.165, 1.54) is 0 Å². The Bertz CT molecular complexity index is 614. The minimum absolute atomic E-state index is 0.431. The van der Waals surface area contributed by atoms with Crippen LogP contribution >= 0.6 is 11.6 Å². The third-order valence-electron chi connectivity index (χ3n) is 2.26. The quantitative estimate of drug-likeness (QED) is 0.693. The minimum Gasteiger partial charge on any atom is -0.461 e. The van der Waals surface area contributed by atoms with E-state index in [4.69, 9.17) is 20.5 Å². The molecule has 0 bridgehead atoms. The molecule has 0 aliphatic heterocycles. The van der Waals surface area contributed by atoms with Crippen molar-refractivity contribution in [3.05, 3.63) is 47.7 Å². The van der Waals surface area contributed by atoms with Crippen molar-refractivity contribution >= 4 is 11.6 Å². The molecule has 17 heavy (non-hydrogen) atoms. The second kappa shape index (κ2) is 4.07. The number of nitrogens with zero attached hydrogens (tertiary/aromatic N) is 2. The summed E-state index contributed by atoms with van der Waals surface area (Å²) in [6, 6.07) is 10.7. The normalized spacial score (nSPS) is 10.6. The van der Waals surface area contributed by atoms with Crippen molar-refractivity contribution < 1.29 is 8.94 Å². The first-order valence-corrected chi connectivity index (χ1v) is 5.34. The number of benzene rings is 1. The van der Waals surface area contributed by atoms with Crippen molar-refractivity contribution in [2.45, 2.75) is 0 Å². The first kappa shape index (κ1) is 10.1. The van der Waals surface area contributed by atoms with E-state index in [-0.39, 0.29) is 0 Å². The van der Waals surface area contributed by atoms with Gasteiger partial charge in [-0.1, -0.05) is 16.8 Å². The van der Waals surface area contributed by atoms with Gasteiger partial charge < -0.3 is 8.94 Å². The summed E-state index contributed by atoms with van der Waals surface area (Å²) in [5, 5.41) is 4.51. The topological polar surface area (TPSA) is 52.1 Å². The summed E-state index contributed by atoms with van der Waals surface area (Å²) in [6.45, 7) is 0. The first-order chi connectivity index (χ1) is 8.33. The zero-order valence-electron chi connectivity index (χ0n) is 8.63. The lowest BCUT2D eigenvalue weighted by Gasteiger charge is -1.92. The van der Waals surface area contributed by atoms with Crippen molar-refractivity contribution in [2.75, 3.05) is 0 Å². The van der Waals surface area contributed by atoms with Crippen LogP contribution < -0.4 is 0 Å². The van der Waals surface area contributed by atoms with Gasteiger partial charge in [-0.2, -0.15) is 4.98 Å². The highest BCUT2D eigenvalue weighted by molar-refractivity contribution is 6.30. The van der Waals surface area contributed by atoms with Crippen LogP contribution in [-0.2, 0) is 0 Å². The number of furan rings is 1. The fraction of sp³-hybridized carbons (Fsp3) is 0. The molecule has 0 fully saturated rings. The molecule has 0 aliphatic carbocycles. The Kier molecular flexibility index (Phi) is 2.42. The summed E-state index contributed by atoms with van der Waals surface area (Å²) in [4.78, 5) is 4.24. The number of aromatic nitrogens is 2. The summed E-state index contributed by atoms with van der Waals surface area (Å²) < 4.78 is 10.3. The lowest BCUT2D eigenvalue weighted by molar-refractivity contribution is 0.429. The molecular weight excluding hydrogens is 240 g/mol. The smallest absolute Gasteiger partial charge is 0.258 e. The average molecular weight is 247 g/mol. The molecule has 2 heterocycles. The maximum absolute atomic E-state index is 5.80. The van der Waals surface area contributed by atoms with Crippen molar-refractivity contribution in [2.24, 2.45) is 0 Å². The summed E-state index contributed by atoms with van der Waals surface area (Å²) in [7, 11) is 0. The Morgan fingerprint density at radius 3 is 2.59 bits per heavy atom. The van der Waals surface area contributed by atoms with E-state index in [9.17, 15) is 0 Å². The largest absolute Gasteiger partial charge is 0.461 e. The van der Waals surface area contributed by atoms with Crippen LogP contribution in [0.5, 0.6) is 0 Å². The third-order valence-corrected chi connectivity index (χ3v) is 2.51. The number of hydrogen-bond acceptors (Lipinski definition) is 4. The van der Waals surface area contributed by atoms with Crippen LogP contribution in [0.4, 0.5) is 0 Å². The van der Waals surface area contributed by atoms with Gasteiger partial charge >= 0.3 is 0 Å². The van der Waals surface area contributed by atoms with Gasteiger partial charge in [-0.3, -0.25) is 0 Å². The molecule has 0 radical (unpaired) electrons. The zero-order valence-corrected chi connectivity index (χ0v) is 9.39.